The molecule has 2 nitrogen and oxygen atoms in total. The minimum atomic E-state index is -2.45. The summed E-state index contributed by atoms with van der Waals surface area (Å²) in [6, 6.07) is 3.15. The highest BCUT2D eigenvalue weighted by Crippen LogP contribution is 2.32. The first-order valence-corrected chi connectivity index (χ1v) is 6.23. The number of alkyl halides is 2. The molecular formula is C12H16AlF2NO. The van der Waals surface area contributed by atoms with Crippen LogP contribution in [0.25, 0.3) is 0 Å². The summed E-state index contributed by atoms with van der Waals surface area (Å²) >= 11 is 2.32. The molecule has 17 heavy (non-hydrogen) atoms. The highest BCUT2D eigenvalue weighted by Gasteiger charge is 2.19. The number of hydrogen-bond donors (Lipinski definition) is 0. The molecule has 0 spiro atoms. The molecule has 92 valence electrons. The molecule has 1 heterocycles. The molecule has 2 rings (SSSR count). The molecule has 0 aromatic heterocycles. The van der Waals surface area contributed by atoms with Crippen LogP contribution in [0, 0.1) is 0 Å². The van der Waals surface area contributed by atoms with Crippen LogP contribution in [0.15, 0.2) is 12.1 Å². The predicted octanol–water partition coefficient (Wildman–Crippen LogP) is 2.27. The average molecular weight is 255 g/mol. The predicted molar refractivity (Wildman–Crippen MR) is 66.9 cm³/mol. The van der Waals surface area contributed by atoms with Crippen molar-refractivity contribution in [2.24, 2.45) is 0 Å². The van der Waals surface area contributed by atoms with Gasteiger partial charge in [-0.05, 0) is 12.1 Å². The number of ether oxygens (including phenoxy) is 1. The van der Waals surface area contributed by atoms with Gasteiger partial charge >= 0.3 is 0 Å². The zero-order chi connectivity index (χ0) is 13.0. The van der Waals surface area contributed by atoms with Gasteiger partial charge in [-0.3, -0.25) is 0 Å². The number of halogens is 2. The van der Waals surface area contributed by atoms with Gasteiger partial charge in [-0.15, -0.1) is 4.43 Å². The minimum Gasteiger partial charge on any atom is -0.490 e. The van der Waals surface area contributed by atoms with E-state index in [1.165, 1.54) is 6.07 Å². The van der Waals surface area contributed by atoms with Crippen LogP contribution >= 0.6 is 0 Å². The molecule has 0 saturated heterocycles. The lowest BCUT2D eigenvalue weighted by Gasteiger charge is -2.29. The van der Waals surface area contributed by atoms with Crippen molar-refractivity contribution < 1.29 is 13.5 Å². The monoisotopic (exact) mass is 255 g/mol. The van der Waals surface area contributed by atoms with Crippen molar-refractivity contribution in [2.75, 3.05) is 25.1 Å². The molecule has 5 heteroatoms. The Kier molecular flexibility index (Phi) is 5.23. The van der Waals surface area contributed by atoms with E-state index in [2.05, 4.69) is 16.3 Å². The first-order valence-electron chi connectivity index (χ1n) is 5.65. The summed E-state index contributed by atoms with van der Waals surface area (Å²) in [5.41, 5.74) is 0.791. The Balaban J connectivity index is 0.000000686. The van der Waals surface area contributed by atoms with Gasteiger partial charge in [0, 0.05) is 12.6 Å². The Hall–Kier alpha value is -0.788. The number of rotatable bonds is 1. The molecule has 0 saturated carbocycles. The lowest BCUT2D eigenvalue weighted by Crippen LogP contribution is -2.30. The third kappa shape index (κ3) is 3.11. The summed E-state index contributed by atoms with van der Waals surface area (Å²) in [7, 11) is 1.87. The number of fused-ring (bicyclic) bond motifs is 1. The lowest BCUT2D eigenvalue weighted by molar-refractivity contribution is 0.152. The fraction of sp³-hybridized carbons (Fsp3) is 0.500. The van der Waals surface area contributed by atoms with Crippen LogP contribution in [0.1, 0.15) is 25.8 Å². The summed E-state index contributed by atoms with van der Waals surface area (Å²) < 4.78 is 31.2. The fourth-order valence-electron chi connectivity index (χ4n) is 1.62. The summed E-state index contributed by atoms with van der Waals surface area (Å²) in [4.78, 5) is 1.93. The van der Waals surface area contributed by atoms with Crippen molar-refractivity contribution in [1.82, 2.24) is 0 Å². The first kappa shape index (κ1) is 14.3. The molecule has 1 aliphatic rings. The molecule has 0 N–H and O–H groups in total. The second-order valence-electron chi connectivity index (χ2n) is 3.52. The van der Waals surface area contributed by atoms with Gasteiger partial charge < -0.3 is 9.64 Å². The van der Waals surface area contributed by atoms with Crippen LogP contribution in [0.3, 0.4) is 0 Å². The maximum Gasteiger partial charge on any atom is 0.262 e. The molecule has 1 aromatic rings. The SMILES string of the molecule is CC.CN1CCOc2c[c]([Al])c(C(F)F)cc21. The summed E-state index contributed by atoms with van der Waals surface area (Å²) in [6.07, 6.45) is -2.45. The second-order valence-corrected chi connectivity index (χ2v) is 4.14. The summed E-state index contributed by atoms with van der Waals surface area (Å²) in [6.45, 7) is 5.33. The Morgan fingerprint density at radius 2 is 2.00 bits per heavy atom. The van der Waals surface area contributed by atoms with Crippen molar-refractivity contribution in [3.8, 4) is 5.75 Å². The van der Waals surface area contributed by atoms with Gasteiger partial charge in [0.25, 0.3) is 6.43 Å². The van der Waals surface area contributed by atoms with Gasteiger partial charge in [-0.1, -0.05) is 13.8 Å². The van der Waals surface area contributed by atoms with Crippen molar-refractivity contribution in [3.05, 3.63) is 17.7 Å². The van der Waals surface area contributed by atoms with Gasteiger partial charge in [-0.2, -0.15) is 0 Å². The van der Waals surface area contributed by atoms with Crippen molar-refractivity contribution in [3.63, 3.8) is 0 Å². The van der Waals surface area contributed by atoms with E-state index in [0.717, 1.165) is 12.2 Å². The second kappa shape index (κ2) is 6.23. The van der Waals surface area contributed by atoms with Gasteiger partial charge in [-0.25, -0.2) is 8.78 Å². The molecular weight excluding hydrogens is 239 g/mol. The molecule has 0 fully saturated rings. The largest absolute Gasteiger partial charge is 0.490 e. The minimum absolute atomic E-state index is 0.0519. The highest BCUT2D eigenvalue weighted by atomic mass is 27.0. The fourth-order valence-corrected chi connectivity index (χ4v) is 1.98. The molecule has 0 unspecified atom stereocenters. The molecule has 0 bridgehead atoms. The molecule has 0 aliphatic carbocycles. The quantitative estimate of drug-likeness (QED) is 0.714. The van der Waals surface area contributed by atoms with E-state index in [-0.39, 0.29) is 5.56 Å². The van der Waals surface area contributed by atoms with Crippen molar-refractivity contribution in [2.45, 2.75) is 20.3 Å². The molecule has 1 aromatic carbocycles. The Labute approximate surface area is 109 Å². The van der Waals surface area contributed by atoms with E-state index < -0.39 is 6.43 Å². The zero-order valence-corrected chi connectivity index (χ0v) is 11.5. The van der Waals surface area contributed by atoms with Crippen LogP contribution < -0.4 is 14.1 Å². The topological polar surface area (TPSA) is 12.5 Å². The molecule has 1 aliphatic heterocycles. The first-order chi connectivity index (χ1) is 8.09. The molecule has 0 amide bonds. The Bertz CT molecular complexity index is 385. The van der Waals surface area contributed by atoms with Gasteiger partial charge in [0.1, 0.15) is 12.4 Å². The van der Waals surface area contributed by atoms with Gasteiger partial charge in [0.15, 0.2) is 16.3 Å². The molecule has 2 radical (unpaired) electrons. The smallest absolute Gasteiger partial charge is 0.262 e. The van der Waals surface area contributed by atoms with Gasteiger partial charge in [0.05, 0.1) is 12.2 Å². The standard InChI is InChI=1S/C10H10F2NO.C2H6.Al/c1-13-4-5-14-9-3-2-7(10(11)12)6-8(9)13;1-2;/h3,6,10H,4-5H2,1H3;1-2H3;. The van der Waals surface area contributed by atoms with E-state index in [0.29, 0.717) is 16.8 Å². The average Bonchev–Trinajstić information content (AvgIpc) is 2.31. The normalized spacial score (nSPS) is 13.6. The number of hydrogen-bond acceptors (Lipinski definition) is 2. The summed E-state index contributed by atoms with van der Waals surface area (Å²) in [5.74, 6) is 0.679. The van der Waals surface area contributed by atoms with Crippen molar-refractivity contribution >= 4 is 26.4 Å². The molecule has 0 atom stereocenters. The van der Waals surface area contributed by atoms with Crippen LogP contribution in [-0.4, -0.2) is 36.5 Å². The Morgan fingerprint density at radius 3 is 2.59 bits per heavy atom. The zero-order valence-electron chi connectivity index (χ0n) is 10.3. The van der Waals surface area contributed by atoms with Crippen LogP contribution in [0.4, 0.5) is 14.5 Å². The summed E-state index contributed by atoms with van der Waals surface area (Å²) in [5, 5.41) is 0. The van der Waals surface area contributed by atoms with Crippen LogP contribution in [-0.2, 0) is 0 Å². The number of nitrogens with zero attached hydrogens (tertiary/aromatic N) is 1. The highest BCUT2D eigenvalue weighted by molar-refractivity contribution is 6.33. The maximum atomic E-state index is 12.7. The van der Waals surface area contributed by atoms with Gasteiger partial charge in [0.2, 0.25) is 0 Å². The van der Waals surface area contributed by atoms with E-state index in [9.17, 15) is 8.78 Å². The number of benzene rings is 1. The van der Waals surface area contributed by atoms with Crippen LogP contribution in [0.2, 0.25) is 0 Å². The van der Waals surface area contributed by atoms with E-state index in [4.69, 9.17) is 4.74 Å². The number of likely N-dealkylation sites (N-methyl/N-ethyl adjacent to an activating group) is 1. The third-order valence-electron chi connectivity index (χ3n) is 2.50. The van der Waals surface area contributed by atoms with E-state index >= 15 is 0 Å². The number of anilines is 1. The lowest BCUT2D eigenvalue weighted by atomic mass is 10.1. The van der Waals surface area contributed by atoms with Crippen LogP contribution in [0.5, 0.6) is 5.75 Å². The van der Waals surface area contributed by atoms with Crippen molar-refractivity contribution in [1.29, 1.82) is 0 Å². The van der Waals surface area contributed by atoms with E-state index in [1.54, 1.807) is 6.07 Å². The Morgan fingerprint density at radius 1 is 1.35 bits per heavy atom. The van der Waals surface area contributed by atoms with E-state index in [1.807, 2.05) is 25.8 Å². The third-order valence-corrected chi connectivity index (χ3v) is 3.00. The maximum absolute atomic E-state index is 12.7.